The number of benzene rings is 2. The van der Waals surface area contributed by atoms with E-state index in [2.05, 4.69) is 83.3 Å². The third-order valence-corrected chi connectivity index (χ3v) is 6.06. The van der Waals surface area contributed by atoms with Gasteiger partial charge in [0.2, 0.25) is 0 Å². The minimum Gasteiger partial charge on any atom is -0.322 e. The molecule has 0 saturated heterocycles. The predicted octanol–water partition coefficient (Wildman–Crippen LogP) is 4.21. The zero-order valence-corrected chi connectivity index (χ0v) is 15.8. The van der Waals surface area contributed by atoms with Gasteiger partial charge in [0.25, 0.3) is 0 Å². The van der Waals surface area contributed by atoms with E-state index in [-0.39, 0.29) is 12.1 Å². The second kappa shape index (κ2) is 6.72. The van der Waals surface area contributed by atoms with E-state index < -0.39 is 0 Å². The Labute approximate surface area is 147 Å². The summed E-state index contributed by atoms with van der Waals surface area (Å²) in [5.41, 5.74) is 17.6. The molecule has 2 aromatic rings. The van der Waals surface area contributed by atoms with Crippen molar-refractivity contribution in [2.45, 2.75) is 25.9 Å². The number of hydrogen-bond acceptors (Lipinski definition) is 2. The topological polar surface area (TPSA) is 52.0 Å². The standard InChI is InChI=1S/C16H18I2N2/c1-9-11(5-3-7-13(9)17)15(19)16(20)12-6-4-8-14(18)10(12)2/h3-8,15-16H,19-20H2,1-2H3. The molecule has 0 aliphatic rings. The summed E-state index contributed by atoms with van der Waals surface area (Å²) in [6, 6.07) is 12.0. The molecule has 0 radical (unpaired) electrons. The fourth-order valence-electron chi connectivity index (χ4n) is 2.36. The molecular weight excluding hydrogens is 474 g/mol. The van der Waals surface area contributed by atoms with Crippen LogP contribution in [0.2, 0.25) is 0 Å². The quantitative estimate of drug-likeness (QED) is 0.632. The minimum absolute atomic E-state index is 0.193. The van der Waals surface area contributed by atoms with E-state index >= 15 is 0 Å². The first-order valence-corrected chi connectivity index (χ1v) is 8.60. The van der Waals surface area contributed by atoms with Crippen molar-refractivity contribution in [3.63, 3.8) is 0 Å². The maximum Gasteiger partial charge on any atom is 0.0494 e. The number of rotatable bonds is 3. The van der Waals surface area contributed by atoms with Crippen LogP contribution in [-0.4, -0.2) is 0 Å². The van der Waals surface area contributed by atoms with Gasteiger partial charge in [-0.25, -0.2) is 0 Å². The SMILES string of the molecule is Cc1c(I)cccc1C(N)C(N)c1cccc(I)c1C. The van der Waals surface area contributed by atoms with Gasteiger partial charge in [-0.3, -0.25) is 0 Å². The summed E-state index contributed by atoms with van der Waals surface area (Å²) in [4.78, 5) is 0. The highest BCUT2D eigenvalue weighted by atomic mass is 127. The van der Waals surface area contributed by atoms with Gasteiger partial charge in [-0.15, -0.1) is 0 Å². The van der Waals surface area contributed by atoms with Gasteiger partial charge in [0.05, 0.1) is 0 Å². The Balaban J connectivity index is 2.40. The van der Waals surface area contributed by atoms with E-state index in [0.29, 0.717) is 0 Å². The summed E-state index contributed by atoms with van der Waals surface area (Å²) < 4.78 is 2.45. The van der Waals surface area contributed by atoms with Crippen LogP contribution in [0.25, 0.3) is 0 Å². The second-order valence-corrected chi connectivity index (χ2v) is 7.28. The predicted molar refractivity (Wildman–Crippen MR) is 102 cm³/mol. The van der Waals surface area contributed by atoms with Crippen molar-refractivity contribution in [3.05, 3.63) is 65.8 Å². The van der Waals surface area contributed by atoms with Crippen LogP contribution in [0.15, 0.2) is 36.4 Å². The third-order valence-electron chi connectivity index (χ3n) is 3.72. The molecule has 0 aromatic heterocycles. The minimum atomic E-state index is -0.193. The second-order valence-electron chi connectivity index (χ2n) is 4.96. The molecule has 0 heterocycles. The highest BCUT2D eigenvalue weighted by molar-refractivity contribution is 14.1. The van der Waals surface area contributed by atoms with Crippen LogP contribution < -0.4 is 11.5 Å². The Morgan fingerprint density at radius 3 is 1.45 bits per heavy atom. The summed E-state index contributed by atoms with van der Waals surface area (Å²) in [7, 11) is 0. The van der Waals surface area contributed by atoms with Crippen LogP contribution in [0, 0.1) is 21.0 Å². The monoisotopic (exact) mass is 492 g/mol. The molecule has 4 N–H and O–H groups in total. The number of halogens is 2. The Kier molecular flexibility index (Phi) is 5.44. The molecule has 2 unspecified atom stereocenters. The summed E-state index contributed by atoms with van der Waals surface area (Å²) in [5.74, 6) is 0. The molecule has 0 bridgehead atoms. The number of nitrogens with two attached hydrogens (primary N) is 2. The van der Waals surface area contributed by atoms with Crippen LogP contribution in [0.1, 0.15) is 34.3 Å². The van der Waals surface area contributed by atoms with Gasteiger partial charge < -0.3 is 11.5 Å². The molecule has 0 saturated carbocycles. The molecule has 2 atom stereocenters. The first-order chi connectivity index (χ1) is 9.43. The van der Waals surface area contributed by atoms with Crippen molar-refractivity contribution in [2.75, 3.05) is 0 Å². The van der Waals surface area contributed by atoms with Crippen molar-refractivity contribution in [1.29, 1.82) is 0 Å². The molecule has 2 nitrogen and oxygen atoms in total. The third kappa shape index (κ3) is 3.18. The summed E-state index contributed by atoms with van der Waals surface area (Å²) in [6.07, 6.45) is 0. The fourth-order valence-corrected chi connectivity index (χ4v) is 3.40. The lowest BCUT2D eigenvalue weighted by Gasteiger charge is -2.24. The lowest BCUT2D eigenvalue weighted by Crippen LogP contribution is -2.28. The molecule has 0 aliphatic carbocycles. The zero-order valence-electron chi connectivity index (χ0n) is 11.5. The van der Waals surface area contributed by atoms with E-state index in [1.165, 1.54) is 18.3 Å². The lowest BCUT2D eigenvalue weighted by molar-refractivity contribution is 0.568. The molecule has 4 heteroatoms. The van der Waals surface area contributed by atoms with E-state index in [9.17, 15) is 0 Å². The van der Waals surface area contributed by atoms with E-state index in [1.54, 1.807) is 0 Å². The Hall–Kier alpha value is -0.180. The Bertz CT molecular complexity index is 570. The molecular formula is C16H18I2N2. The molecule has 2 rings (SSSR count). The highest BCUT2D eigenvalue weighted by Crippen LogP contribution is 2.31. The maximum atomic E-state index is 6.43. The van der Waals surface area contributed by atoms with Crippen molar-refractivity contribution in [3.8, 4) is 0 Å². The lowest BCUT2D eigenvalue weighted by atomic mass is 9.90. The molecule has 0 amide bonds. The smallest absolute Gasteiger partial charge is 0.0494 e. The highest BCUT2D eigenvalue weighted by Gasteiger charge is 2.21. The normalized spacial score (nSPS) is 14.1. The van der Waals surface area contributed by atoms with Crippen LogP contribution in [0.4, 0.5) is 0 Å². The number of hydrogen-bond donors (Lipinski definition) is 2. The summed E-state index contributed by atoms with van der Waals surface area (Å²) in [6.45, 7) is 4.20. The van der Waals surface area contributed by atoms with Gasteiger partial charge in [0.1, 0.15) is 0 Å². The van der Waals surface area contributed by atoms with E-state index in [0.717, 1.165) is 11.1 Å². The fraction of sp³-hybridized carbons (Fsp3) is 0.250. The molecule has 106 valence electrons. The van der Waals surface area contributed by atoms with E-state index in [1.807, 2.05) is 12.1 Å². The van der Waals surface area contributed by atoms with E-state index in [4.69, 9.17) is 11.5 Å². The van der Waals surface area contributed by atoms with Crippen LogP contribution in [0.5, 0.6) is 0 Å². The summed E-state index contributed by atoms with van der Waals surface area (Å²) >= 11 is 4.67. The molecule has 0 fully saturated rings. The van der Waals surface area contributed by atoms with Crippen LogP contribution in [0.3, 0.4) is 0 Å². The summed E-state index contributed by atoms with van der Waals surface area (Å²) in [5, 5.41) is 0. The van der Waals surface area contributed by atoms with Crippen LogP contribution in [-0.2, 0) is 0 Å². The maximum absolute atomic E-state index is 6.43. The van der Waals surface area contributed by atoms with Crippen molar-refractivity contribution in [1.82, 2.24) is 0 Å². The Morgan fingerprint density at radius 1 is 0.750 bits per heavy atom. The van der Waals surface area contributed by atoms with Gasteiger partial charge in [0, 0.05) is 19.2 Å². The first kappa shape index (κ1) is 16.2. The van der Waals surface area contributed by atoms with Crippen molar-refractivity contribution >= 4 is 45.2 Å². The molecule has 2 aromatic carbocycles. The van der Waals surface area contributed by atoms with Gasteiger partial charge in [0.15, 0.2) is 0 Å². The average molecular weight is 492 g/mol. The Morgan fingerprint density at radius 2 is 1.10 bits per heavy atom. The van der Waals surface area contributed by atoms with Crippen LogP contribution >= 0.6 is 45.2 Å². The van der Waals surface area contributed by atoms with Gasteiger partial charge in [-0.2, -0.15) is 0 Å². The largest absolute Gasteiger partial charge is 0.322 e. The van der Waals surface area contributed by atoms with Gasteiger partial charge in [-0.1, -0.05) is 24.3 Å². The van der Waals surface area contributed by atoms with Crippen molar-refractivity contribution < 1.29 is 0 Å². The molecule has 20 heavy (non-hydrogen) atoms. The average Bonchev–Trinajstić information content (AvgIpc) is 2.43. The molecule has 0 aliphatic heterocycles. The van der Waals surface area contributed by atoms with Crippen molar-refractivity contribution in [2.24, 2.45) is 11.5 Å². The zero-order chi connectivity index (χ0) is 14.9. The van der Waals surface area contributed by atoms with Gasteiger partial charge >= 0.3 is 0 Å². The van der Waals surface area contributed by atoms with Gasteiger partial charge in [-0.05, 0) is 93.4 Å². The molecule has 0 spiro atoms. The first-order valence-electron chi connectivity index (χ1n) is 6.44.